The number of benzene rings is 2. The first-order chi connectivity index (χ1) is 30.0. The quantitative estimate of drug-likeness (QED) is 0.157. The third-order valence-corrected chi connectivity index (χ3v) is 13.7. The molecule has 5 aliphatic heterocycles. The number of imide groups is 2. The summed E-state index contributed by atoms with van der Waals surface area (Å²) in [5, 5.41) is 45.5. The van der Waals surface area contributed by atoms with Crippen molar-refractivity contribution >= 4 is 41.0 Å². The summed E-state index contributed by atoms with van der Waals surface area (Å²) in [5.74, 6) is -7.37. The van der Waals surface area contributed by atoms with E-state index in [1.165, 1.54) is 32.4 Å². The number of amides is 4. The number of likely N-dealkylation sites (tertiary alicyclic amines) is 2. The first kappa shape index (κ1) is 43.1. The third kappa shape index (κ3) is 6.68. The van der Waals surface area contributed by atoms with E-state index < -0.39 is 156 Å². The van der Waals surface area contributed by atoms with Gasteiger partial charge in [0.05, 0.1) is 42.6 Å². The Hall–Kier alpha value is -5.19. The van der Waals surface area contributed by atoms with Crippen molar-refractivity contribution in [1.29, 1.82) is 0 Å². The molecular formula is C43H47N3O17. The number of aliphatic hydroxyl groups excluding tert-OH is 1. The highest BCUT2D eigenvalue weighted by atomic mass is 16.7. The molecule has 3 unspecified atom stereocenters. The van der Waals surface area contributed by atoms with Crippen molar-refractivity contribution in [2.75, 3.05) is 34.1 Å². The molecule has 0 saturated carbocycles. The van der Waals surface area contributed by atoms with Crippen LogP contribution in [0.5, 0.6) is 17.2 Å². The summed E-state index contributed by atoms with van der Waals surface area (Å²) in [4.78, 5) is 97.1. The summed E-state index contributed by atoms with van der Waals surface area (Å²) in [5.41, 5.74) is -4.02. The average molecular weight is 878 g/mol. The van der Waals surface area contributed by atoms with E-state index in [-0.39, 0.29) is 60.3 Å². The molecule has 5 saturated heterocycles. The largest absolute Gasteiger partial charge is 0.507 e. The lowest BCUT2D eigenvalue weighted by Crippen LogP contribution is -2.60. The first-order valence-corrected chi connectivity index (χ1v) is 20.8. The summed E-state index contributed by atoms with van der Waals surface area (Å²) in [6.45, 7) is 1.86. The summed E-state index contributed by atoms with van der Waals surface area (Å²) < 4.78 is 36.4. The molecule has 2 aliphatic carbocycles. The van der Waals surface area contributed by atoms with Gasteiger partial charge in [-0.15, -0.1) is 0 Å². The molecule has 7 aliphatic rings. The molecule has 5 heterocycles. The third-order valence-electron chi connectivity index (χ3n) is 13.7. The van der Waals surface area contributed by atoms with Crippen LogP contribution in [0.1, 0.15) is 95.0 Å². The van der Waals surface area contributed by atoms with Crippen LogP contribution in [0.3, 0.4) is 0 Å². The van der Waals surface area contributed by atoms with Crippen molar-refractivity contribution < 1.29 is 82.4 Å². The van der Waals surface area contributed by atoms with Crippen molar-refractivity contribution in [1.82, 2.24) is 14.7 Å². The van der Waals surface area contributed by atoms with Gasteiger partial charge in [-0.1, -0.05) is 19.1 Å². The number of hydrogen-bond acceptors (Lipinski definition) is 18. The number of nitrogens with zero attached hydrogens (tertiary/aromatic N) is 3. The Morgan fingerprint density at radius 2 is 1.63 bits per heavy atom. The number of morpholine rings is 1. The molecule has 0 spiro atoms. The van der Waals surface area contributed by atoms with Crippen molar-refractivity contribution in [2.45, 2.75) is 107 Å². The molecule has 20 heteroatoms. The predicted octanol–water partition coefficient (Wildman–Crippen LogP) is 0.198. The Morgan fingerprint density at radius 3 is 2.32 bits per heavy atom. The van der Waals surface area contributed by atoms with Crippen molar-refractivity contribution in [3.8, 4) is 17.2 Å². The smallest absolute Gasteiger partial charge is 0.234 e. The highest BCUT2D eigenvalue weighted by molar-refractivity contribution is 6.31. The van der Waals surface area contributed by atoms with E-state index in [4.69, 9.17) is 28.4 Å². The number of carbonyl (C=O) groups is 7. The summed E-state index contributed by atoms with van der Waals surface area (Å²) >= 11 is 0. The molecule has 9 rings (SSSR count). The van der Waals surface area contributed by atoms with E-state index in [0.717, 1.165) is 9.80 Å². The molecule has 5 fully saturated rings. The van der Waals surface area contributed by atoms with Crippen LogP contribution in [0, 0.1) is 11.8 Å². The molecule has 2 aromatic carbocycles. The standard InChI is InChI=1S/C43H47N3O17/c1-17-8-27(49)44(39(17)55)16-45-28(50)10-19(40(45)56)9-20-15-60-42(59-4)41-46(20)23-11-29(61-18(2)38(23)63-41)62-25-13-43(57,26(48)14-47)12-22-31(25)37(54)33-32(35(22)52)34(51)21-6-5-7-24(58-3)30(21)36(33)53/h5-7,17-20,23,25,29,38,41-42,47,52,54,57H,8-16H2,1-4H3/t17?,18-,19?,20?,23-,25-,29-,38+,41+,42-,43-/m0/s1. The fourth-order valence-corrected chi connectivity index (χ4v) is 10.6. The molecule has 63 heavy (non-hydrogen) atoms. The SMILES string of the molecule is COc1cccc2c1C(=O)c1c(O)c3c(c(O)c1C2=O)C[C@@](O)(C(=O)CO)C[C@@H]3O[C@H]1C[C@H]2[C@H](O[C@@H]3[C@@H](OC)OCC(CC4CC(=O)N(CN5C(=O)CC(C)C5=O)C4=O)N32)[C@H](C)O1. The van der Waals surface area contributed by atoms with E-state index in [0.29, 0.717) is 0 Å². The highest BCUT2D eigenvalue weighted by Gasteiger charge is 2.58. The van der Waals surface area contributed by atoms with Gasteiger partial charge in [-0.2, -0.15) is 0 Å². The number of fused-ring (bicyclic) bond motifs is 6. The molecule has 4 N–H and O–H groups in total. The Labute approximate surface area is 359 Å². The van der Waals surface area contributed by atoms with Crippen LogP contribution in [0.15, 0.2) is 18.2 Å². The van der Waals surface area contributed by atoms with Gasteiger partial charge in [0, 0.05) is 79.8 Å². The van der Waals surface area contributed by atoms with Gasteiger partial charge in [0.1, 0.15) is 42.2 Å². The van der Waals surface area contributed by atoms with E-state index in [1.54, 1.807) is 13.8 Å². The zero-order chi connectivity index (χ0) is 45.0. The molecule has 336 valence electrons. The maximum Gasteiger partial charge on any atom is 0.234 e. The maximum absolute atomic E-state index is 14.1. The molecule has 4 amide bonds. The fourth-order valence-electron chi connectivity index (χ4n) is 10.6. The van der Waals surface area contributed by atoms with E-state index >= 15 is 0 Å². The second-order valence-corrected chi connectivity index (χ2v) is 17.3. The molecule has 2 aromatic rings. The number of ketones is 3. The number of phenols is 2. The summed E-state index contributed by atoms with van der Waals surface area (Å²) in [6.07, 6.45) is -6.79. The minimum absolute atomic E-state index is 0.00379. The number of aromatic hydroxyl groups is 2. The molecule has 0 bridgehead atoms. The Morgan fingerprint density at radius 1 is 0.921 bits per heavy atom. The lowest BCUT2D eigenvalue weighted by molar-refractivity contribution is -0.263. The number of phenolic OH excluding ortho intramolecular Hbond substituents is 2. The Kier molecular flexibility index (Phi) is 10.8. The Bertz CT molecular complexity index is 2350. The van der Waals surface area contributed by atoms with Gasteiger partial charge in [-0.3, -0.25) is 48.3 Å². The monoisotopic (exact) mass is 877 g/mol. The average Bonchev–Trinajstić information content (AvgIpc) is 3.86. The summed E-state index contributed by atoms with van der Waals surface area (Å²) in [6, 6.07) is 3.28. The van der Waals surface area contributed by atoms with Crippen molar-refractivity contribution in [2.24, 2.45) is 11.8 Å². The van der Waals surface area contributed by atoms with Crippen LogP contribution in [0.4, 0.5) is 0 Å². The molecular weight excluding hydrogens is 830 g/mol. The van der Waals surface area contributed by atoms with Crippen LogP contribution >= 0.6 is 0 Å². The second-order valence-electron chi connectivity index (χ2n) is 17.3. The molecule has 20 nitrogen and oxygen atoms in total. The number of Topliss-reactive ketones (excluding diaryl/α,β-unsaturated/α-hetero) is 1. The van der Waals surface area contributed by atoms with Gasteiger partial charge >= 0.3 is 0 Å². The zero-order valence-corrected chi connectivity index (χ0v) is 34.8. The fraction of sp³-hybridized carbons (Fsp3) is 0.558. The van der Waals surface area contributed by atoms with Gasteiger partial charge in [-0.25, -0.2) is 0 Å². The number of carbonyl (C=O) groups excluding carboxylic acids is 7. The van der Waals surface area contributed by atoms with Crippen LogP contribution in [-0.2, 0) is 54.1 Å². The Balaban J connectivity index is 1.02. The number of hydrogen-bond donors (Lipinski definition) is 4. The van der Waals surface area contributed by atoms with E-state index in [9.17, 15) is 54.0 Å². The second kappa shape index (κ2) is 15.8. The maximum atomic E-state index is 14.1. The van der Waals surface area contributed by atoms with Gasteiger partial charge < -0.3 is 48.8 Å². The summed E-state index contributed by atoms with van der Waals surface area (Å²) in [7, 11) is 2.76. The molecule has 0 radical (unpaired) electrons. The minimum Gasteiger partial charge on any atom is -0.507 e. The number of rotatable bonds is 10. The first-order valence-electron chi connectivity index (χ1n) is 20.8. The normalized spacial score (nSPS) is 33.9. The topological polar surface area (TPSA) is 266 Å². The van der Waals surface area contributed by atoms with Gasteiger partial charge in [0.25, 0.3) is 0 Å². The molecule has 11 atom stereocenters. The minimum atomic E-state index is -2.36. The number of methoxy groups -OCH3 is 2. The van der Waals surface area contributed by atoms with E-state index in [1.807, 2.05) is 4.90 Å². The van der Waals surface area contributed by atoms with Crippen LogP contribution in [0.2, 0.25) is 0 Å². The van der Waals surface area contributed by atoms with Gasteiger partial charge in [0.15, 0.2) is 30.4 Å². The number of ether oxygens (including phenoxy) is 6. The van der Waals surface area contributed by atoms with Crippen LogP contribution in [0.25, 0.3) is 0 Å². The predicted molar refractivity (Wildman–Crippen MR) is 208 cm³/mol. The van der Waals surface area contributed by atoms with Gasteiger partial charge in [-0.05, 0) is 19.4 Å². The lowest BCUT2D eigenvalue weighted by Gasteiger charge is -2.46. The highest BCUT2D eigenvalue weighted by Crippen LogP contribution is 2.53. The molecule has 0 aromatic heterocycles. The van der Waals surface area contributed by atoms with E-state index in [2.05, 4.69) is 0 Å². The number of aliphatic hydroxyl groups is 2. The van der Waals surface area contributed by atoms with Crippen molar-refractivity contribution in [3.05, 3.63) is 51.6 Å². The van der Waals surface area contributed by atoms with Crippen LogP contribution < -0.4 is 4.74 Å². The zero-order valence-electron chi connectivity index (χ0n) is 34.8. The van der Waals surface area contributed by atoms with Crippen molar-refractivity contribution in [3.63, 3.8) is 0 Å². The lowest BCUT2D eigenvalue weighted by atomic mass is 9.72. The van der Waals surface area contributed by atoms with Gasteiger partial charge in [0.2, 0.25) is 29.4 Å². The van der Waals surface area contributed by atoms with Crippen LogP contribution in [-0.4, -0.2) is 159 Å².